The Morgan fingerprint density at radius 1 is 1.50 bits per heavy atom. The second-order valence-electron chi connectivity index (χ2n) is 4.28. The smallest absolute Gasteiger partial charge is 0.304 e. The summed E-state index contributed by atoms with van der Waals surface area (Å²) in [6, 6.07) is 4.24. The second kappa shape index (κ2) is 6.31. The molecule has 3 N–H and O–H groups in total. The summed E-state index contributed by atoms with van der Waals surface area (Å²) in [7, 11) is 0. The molecule has 1 aliphatic rings. The molecule has 1 saturated heterocycles. The Morgan fingerprint density at radius 2 is 2.30 bits per heavy atom. The van der Waals surface area contributed by atoms with Gasteiger partial charge < -0.3 is 20.5 Å². The predicted molar refractivity (Wildman–Crippen MR) is 70.4 cm³/mol. The van der Waals surface area contributed by atoms with E-state index < -0.39 is 10.8 Å². The SMILES string of the molecule is Nc1cccc(C(=O)NCC2COCCO2)c1[N+](=O)[O-]. The van der Waals surface area contributed by atoms with Gasteiger partial charge >= 0.3 is 5.69 Å². The van der Waals surface area contributed by atoms with Gasteiger partial charge in [-0.3, -0.25) is 14.9 Å². The van der Waals surface area contributed by atoms with E-state index in [9.17, 15) is 14.9 Å². The Morgan fingerprint density at radius 3 is 2.95 bits per heavy atom. The van der Waals surface area contributed by atoms with Gasteiger partial charge in [0.05, 0.1) is 30.8 Å². The topological polar surface area (TPSA) is 117 Å². The lowest BCUT2D eigenvalue weighted by Crippen LogP contribution is -2.39. The summed E-state index contributed by atoms with van der Waals surface area (Å²) in [5.41, 5.74) is 5.04. The van der Waals surface area contributed by atoms with Crippen LogP contribution in [0.15, 0.2) is 18.2 Å². The fraction of sp³-hybridized carbons (Fsp3) is 0.417. The van der Waals surface area contributed by atoms with E-state index in [0.29, 0.717) is 19.8 Å². The van der Waals surface area contributed by atoms with Crippen LogP contribution in [0.1, 0.15) is 10.4 Å². The van der Waals surface area contributed by atoms with Crippen LogP contribution in [0, 0.1) is 10.1 Å². The number of anilines is 1. The summed E-state index contributed by atoms with van der Waals surface area (Å²) in [5, 5.41) is 13.5. The molecule has 8 heteroatoms. The summed E-state index contributed by atoms with van der Waals surface area (Å²) in [5.74, 6) is -0.557. The highest BCUT2D eigenvalue weighted by Gasteiger charge is 2.24. The lowest BCUT2D eigenvalue weighted by Gasteiger charge is -2.23. The summed E-state index contributed by atoms with van der Waals surface area (Å²) in [4.78, 5) is 22.3. The van der Waals surface area contributed by atoms with Crippen LogP contribution in [0.4, 0.5) is 11.4 Å². The Labute approximate surface area is 115 Å². The molecular weight excluding hydrogens is 266 g/mol. The van der Waals surface area contributed by atoms with Crippen LogP contribution >= 0.6 is 0 Å². The summed E-state index contributed by atoms with van der Waals surface area (Å²) >= 11 is 0. The Balaban J connectivity index is 2.05. The number of para-hydroxylation sites is 1. The first-order chi connectivity index (χ1) is 9.59. The van der Waals surface area contributed by atoms with Gasteiger partial charge in [-0.2, -0.15) is 0 Å². The van der Waals surface area contributed by atoms with Gasteiger partial charge in [0, 0.05) is 6.54 Å². The van der Waals surface area contributed by atoms with Crippen LogP contribution in [0.5, 0.6) is 0 Å². The van der Waals surface area contributed by atoms with E-state index in [1.165, 1.54) is 18.2 Å². The molecule has 8 nitrogen and oxygen atoms in total. The van der Waals surface area contributed by atoms with Crippen molar-refractivity contribution in [3.8, 4) is 0 Å². The predicted octanol–water partition coefficient (Wildman–Crippen LogP) is 0.322. The van der Waals surface area contributed by atoms with E-state index in [2.05, 4.69) is 5.32 Å². The van der Waals surface area contributed by atoms with Crippen molar-refractivity contribution in [3.05, 3.63) is 33.9 Å². The lowest BCUT2D eigenvalue weighted by molar-refractivity contribution is -0.384. The molecule has 0 radical (unpaired) electrons. The van der Waals surface area contributed by atoms with E-state index in [4.69, 9.17) is 15.2 Å². The number of nitrogens with two attached hydrogens (primary N) is 1. The minimum atomic E-state index is -0.662. The molecular formula is C12H15N3O5. The molecule has 2 rings (SSSR count). The molecule has 1 fully saturated rings. The Hall–Kier alpha value is -2.19. The third-order valence-electron chi connectivity index (χ3n) is 2.87. The fourth-order valence-electron chi connectivity index (χ4n) is 1.90. The summed E-state index contributed by atoms with van der Waals surface area (Å²) < 4.78 is 10.6. The third-order valence-corrected chi connectivity index (χ3v) is 2.87. The Bertz CT molecular complexity index is 514. The number of nitrogens with one attached hydrogen (secondary N) is 1. The lowest BCUT2D eigenvalue weighted by atomic mass is 10.1. The molecule has 1 atom stereocenters. The van der Waals surface area contributed by atoms with Gasteiger partial charge in [0.25, 0.3) is 5.91 Å². The zero-order valence-corrected chi connectivity index (χ0v) is 10.7. The van der Waals surface area contributed by atoms with Crippen molar-refractivity contribution in [1.82, 2.24) is 5.32 Å². The van der Waals surface area contributed by atoms with Gasteiger partial charge in [-0.05, 0) is 12.1 Å². The molecule has 1 heterocycles. The van der Waals surface area contributed by atoms with Crippen LogP contribution in [-0.4, -0.2) is 43.3 Å². The number of hydrogen-bond donors (Lipinski definition) is 2. The maximum absolute atomic E-state index is 12.0. The molecule has 0 aliphatic carbocycles. The first-order valence-corrected chi connectivity index (χ1v) is 6.10. The summed E-state index contributed by atoms with van der Waals surface area (Å²) in [6.45, 7) is 1.62. The zero-order chi connectivity index (χ0) is 14.5. The van der Waals surface area contributed by atoms with E-state index in [1.54, 1.807) is 0 Å². The quantitative estimate of drug-likeness (QED) is 0.466. The van der Waals surface area contributed by atoms with Gasteiger partial charge in [0.1, 0.15) is 11.3 Å². The molecule has 1 aliphatic heterocycles. The maximum Gasteiger partial charge on any atom is 0.304 e. The number of nitrogen functional groups attached to an aromatic ring is 1. The minimum absolute atomic E-state index is 0.0418. The van der Waals surface area contributed by atoms with E-state index in [1.807, 2.05) is 0 Å². The van der Waals surface area contributed by atoms with Crippen molar-refractivity contribution < 1.29 is 19.2 Å². The van der Waals surface area contributed by atoms with Gasteiger partial charge in [0.2, 0.25) is 0 Å². The van der Waals surface area contributed by atoms with Crippen LogP contribution in [0.2, 0.25) is 0 Å². The van der Waals surface area contributed by atoms with Crippen molar-refractivity contribution >= 4 is 17.3 Å². The molecule has 0 saturated carbocycles. The van der Waals surface area contributed by atoms with Crippen molar-refractivity contribution in [2.24, 2.45) is 0 Å². The van der Waals surface area contributed by atoms with Crippen LogP contribution in [0.25, 0.3) is 0 Å². The van der Waals surface area contributed by atoms with E-state index in [-0.39, 0.29) is 29.6 Å². The second-order valence-corrected chi connectivity index (χ2v) is 4.28. The number of ether oxygens (including phenoxy) is 2. The molecule has 20 heavy (non-hydrogen) atoms. The number of benzene rings is 1. The molecule has 1 amide bonds. The highest BCUT2D eigenvalue weighted by Crippen LogP contribution is 2.25. The monoisotopic (exact) mass is 281 g/mol. The molecule has 1 aromatic rings. The van der Waals surface area contributed by atoms with Crippen LogP contribution < -0.4 is 11.1 Å². The summed E-state index contributed by atoms with van der Waals surface area (Å²) in [6.07, 6.45) is -0.243. The van der Waals surface area contributed by atoms with E-state index >= 15 is 0 Å². The van der Waals surface area contributed by atoms with Crippen LogP contribution in [-0.2, 0) is 9.47 Å². The average molecular weight is 281 g/mol. The highest BCUT2D eigenvalue weighted by molar-refractivity contribution is 6.00. The standard InChI is InChI=1S/C12H15N3O5/c13-10-3-1-2-9(11(10)15(17)18)12(16)14-6-8-7-19-4-5-20-8/h1-3,8H,4-7,13H2,(H,14,16). The van der Waals surface area contributed by atoms with Crippen molar-refractivity contribution in [2.75, 3.05) is 32.1 Å². The molecule has 0 aromatic heterocycles. The van der Waals surface area contributed by atoms with Gasteiger partial charge in [0.15, 0.2) is 0 Å². The highest BCUT2D eigenvalue weighted by atomic mass is 16.6. The van der Waals surface area contributed by atoms with Gasteiger partial charge in [-0.25, -0.2) is 0 Å². The Kier molecular flexibility index (Phi) is 4.49. The number of hydrogen-bond acceptors (Lipinski definition) is 6. The van der Waals surface area contributed by atoms with Gasteiger partial charge in [-0.15, -0.1) is 0 Å². The van der Waals surface area contributed by atoms with E-state index in [0.717, 1.165) is 0 Å². The minimum Gasteiger partial charge on any atom is -0.393 e. The number of carbonyl (C=O) groups excluding carboxylic acids is 1. The third kappa shape index (κ3) is 3.22. The normalized spacial score (nSPS) is 18.5. The first kappa shape index (κ1) is 14.2. The van der Waals surface area contributed by atoms with Crippen LogP contribution in [0.3, 0.4) is 0 Å². The number of nitro groups is 1. The number of carbonyl (C=O) groups is 1. The van der Waals surface area contributed by atoms with Crippen molar-refractivity contribution in [1.29, 1.82) is 0 Å². The zero-order valence-electron chi connectivity index (χ0n) is 10.7. The maximum atomic E-state index is 12.0. The number of amides is 1. The number of rotatable bonds is 4. The van der Waals surface area contributed by atoms with Crippen molar-refractivity contribution in [3.63, 3.8) is 0 Å². The molecule has 1 aromatic carbocycles. The van der Waals surface area contributed by atoms with Gasteiger partial charge in [-0.1, -0.05) is 6.07 Å². The number of nitro benzene ring substituents is 1. The molecule has 0 spiro atoms. The molecule has 0 bridgehead atoms. The largest absolute Gasteiger partial charge is 0.393 e. The first-order valence-electron chi connectivity index (χ1n) is 6.10. The van der Waals surface area contributed by atoms with Crippen molar-refractivity contribution in [2.45, 2.75) is 6.10 Å². The number of nitrogens with zero attached hydrogens (tertiary/aromatic N) is 1. The average Bonchev–Trinajstić information content (AvgIpc) is 2.45. The molecule has 108 valence electrons. The molecule has 1 unspecified atom stereocenters. The fourth-order valence-corrected chi connectivity index (χ4v) is 1.90.